The van der Waals surface area contributed by atoms with Crippen LogP contribution in [0.2, 0.25) is 0 Å². The molecule has 0 saturated heterocycles. The van der Waals surface area contributed by atoms with Crippen molar-refractivity contribution >= 4 is 11.8 Å². The number of aromatic nitrogens is 2. The van der Waals surface area contributed by atoms with Gasteiger partial charge in [-0.2, -0.15) is 4.98 Å². The molecule has 2 aromatic rings. The summed E-state index contributed by atoms with van der Waals surface area (Å²) >= 11 is 1.50. The molecular formula is C21H28N2O5S. The minimum atomic E-state index is -1.12. The molecule has 0 saturated carbocycles. The molecule has 1 unspecified atom stereocenters. The quantitative estimate of drug-likeness (QED) is 0.338. The molecule has 158 valence electrons. The summed E-state index contributed by atoms with van der Waals surface area (Å²) in [6, 6.07) is 8.01. The van der Waals surface area contributed by atoms with E-state index in [0.717, 1.165) is 22.6 Å². The van der Waals surface area contributed by atoms with Crippen LogP contribution < -0.4 is 4.74 Å². The number of thioether (sulfide) groups is 1. The average Bonchev–Trinajstić information content (AvgIpc) is 2.70. The molecule has 0 spiro atoms. The molecule has 1 N–H and O–H groups in total. The lowest BCUT2D eigenvalue weighted by molar-refractivity contribution is 0.0420. The van der Waals surface area contributed by atoms with Gasteiger partial charge in [-0.1, -0.05) is 36.0 Å². The fourth-order valence-corrected chi connectivity index (χ4v) is 4.03. The highest BCUT2D eigenvalue weighted by molar-refractivity contribution is 7.99. The van der Waals surface area contributed by atoms with Crippen molar-refractivity contribution in [1.29, 1.82) is 0 Å². The van der Waals surface area contributed by atoms with E-state index in [9.17, 15) is 5.11 Å². The zero-order valence-corrected chi connectivity index (χ0v) is 18.0. The van der Waals surface area contributed by atoms with Crippen LogP contribution in [-0.4, -0.2) is 68.1 Å². The zero-order chi connectivity index (χ0) is 20.7. The number of nitrogens with zero attached hydrogens (tertiary/aromatic N) is 2. The van der Waals surface area contributed by atoms with E-state index in [1.165, 1.54) is 11.8 Å². The van der Waals surface area contributed by atoms with Crippen molar-refractivity contribution in [3.63, 3.8) is 0 Å². The van der Waals surface area contributed by atoms with E-state index in [0.29, 0.717) is 56.1 Å². The number of aliphatic hydroxyl groups is 1. The highest BCUT2D eigenvalue weighted by Gasteiger charge is 2.38. The monoisotopic (exact) mass is 420 g/mol. The number of ether oxygens (including phenoxy) is 4. The summed E-state index contributed by atoms with van der Waals surface area (Å²) in [6.45, 7) is 4.16. The highest BCUT2D eigenvalue weighted by Crippen LogP contribution is 2.45. The van der Waals surface area contributed by atoms with Crippen LogP contribution in [0.25, 0.3) is 11.3 Å². The number of benzene rings is 1. The van der Waals surface area contributed by atoms with Crippen LogP contribution in [0.4, 0.5) is 0 Å². The summed E-state index contributed by atoms with van der Waals surface area (Å²) in [4.78, 5) is 9.35. The Morgan fingerprint density at radius 1 is 1.03 bits per heavy atom. The van der Waals surface area contributed by atoms with Gasteiger partial charge in [-0.3, -0.25) is 0 Å². The molecule has 1 aliphatic carbocycles. The van der Waals surface area contributed by atoms with E-state index in [2.05, 4.69) is 4.98 Å². The van der Waals surface area contributed by atoms with Gasteiger partial charge in [-0.15, -0.1) is 0 Å². The van der Waals surface area contributed by atoms with Gasteiger partial charge in [0.25, 0.3) is 0 Å². The molecule has 1 aromatic carbocycles. The minimum Gasteiger partial charge on any atom is -0.475 e. The molecule has 0 amide bonds. The first-order valence-corrected chi connectivity index (χ1v) is 10.6. The van der Waals surface area contributed by atoms with Gasteiger partial charge in [0.1, 0.15) is 6.61 Å². The first-order valence-electron chi connectivity index (χ1n) is 9.61. The Balaban J connectivity index is 1.90. The molecule has 7 nitrogen and oxygen atoms in total. The molecule has 1 heterocycles. The minimum absolute atomic E-state index is 0.326. The molecule has 3 rings (SSSR count). The Hall–Kier alpha value is -1.71. The smallest absolute Gasteiger partial charge is 0.224 e. The van der Waals surface area contributed by atoms with Crippen LogP contribution >= 0.6 is 11.8 Å². The van der Waals surface area contributed by atoms with Crippen molar-refractivity contribution < 1.29 is 24.1 Å². The summed E-state index contributed by atoms with van der Waals surface area (Å²) in [5.41, 5.74) is 2.30. The Bertz CT molecular complexity index is 816. The molecule has 0 radical (unpaired) electrons. The number of fused-ring (bicyclic) bond motifs is 3. The van der Waals surface area contributed by atoms with Crippen molar-refractivity contribution in [2.45, 2.75) is 24.1 Å². The largest absolute Gasteiger partial charge is 0.475 e. The van der Waals surface area contributed by atoms with Crippen LogP contribution in [0.15, 0.2) is 29.4 Å². The second kappa shape index (κ2) is 10.4. The van der Waals surface area contributed by atoms with Gasteiger partial charge in [0.15, 0.2) is 5.16 Å². The predicted octanol–water partition coefficient (Wildman–Crippen LogP) is 2.69. The van der Waals surface area contributed by atoms with Crippen LogP contribution in [0.5, 0.6) is 5.88 Å². The van der Waals surface area contributed by atoms with E-state index in [4.69, 9.17) is 23.9 Å². The third kappa shape index (κ3) is 5.46. The van der Waals surface area contributed by atoms with E-state index < -0.39 is 5.60 Å². The zero-order valence-electron chi connectivity index (χ0n) is 17.1. The highest BCUT2D eigenvalue weighted by atomic mass is 32.2. The Morgan fingerprint density at radius 2 is 1.79 bits per heavy atom. The fourth-order valence-electron chi connectivity index (χ4n) is 3.29. The van der Waals surface area contributed by atoms with E-state index >= 15 is 0 Å². The molecule has 0 bridgehead atoms. The molecule has 8 heteroatoms. The maximum absolute atomic E-state index is 11.2. The van der Waals surface area contributed by atoms with Crippen LogP contribution in [0, 0.1) is 0 Å². The van der Waals surface area contributed by atoms with Crippen LogP contribution in [0.1, 0.15) is 18.1 Å². The molecule has 0 aliphatic heterocycles. The lowest BCUT2D eigenvalue weighted by Crippen LogP contribution is -2.31. The Morgan fingerprint density at radius 3 is 2.59 bits per heavy atom. The summed E-state index contributed by atoms with van der Waals surface area (Å²) in [5.74, 6) is 1.14. The van der Waals surface area contributed by atoms with Gasteiger partial charge in [0, 0.05) is 32.0 Å². The maximum atomic E-state index is 11.2. The van der Waals surface area contributed by atoms with Gasteiger partial charge < -0.3 is 24.1 Å². The topological polar surface area (TPSA) is 82.9 Å². The van der Waals surface area contributed by atoms with E-state index in [1.54, 1.807) is 21.1 Å². The number of methoxy groups -OCH3 is 2. The summed E-state index contributed by atoms with van der Waals surface area (Å²) < 4.78 is 21.5. The van der Waals surface area contributed by atoms with E-state index in [1.807, 2.05) is 24.3 Å². The number of hydrogen-bond acceptors (Lipinski definition) is 8. The third-order valence-electron chi connectivity index (χ3n) is 4.62. The standard InChI is InChI=1S/C21H28N2O5S/c1-21(24)14-15-6-4-5-7-16(15)18-17(21)19(28-11-10-27-9-8-25-2)23-20(22-18)29-13-12-26-3/h4-7,24H,8-14H2,1-3H3. The van der Waals surface area contributed by atoms with Crippen molar-refractivity contribution in [3.05, 3.63) is 35.4 Å². The molecule has 1 atom stereocenters. The first kappa shape index (κ1) is 22.0. The van der Waals surface area contributed by atoms with Crippen molar-refractivity contribution in [2.75, 3.05) is 53.0 Å². The van der Waals surface area contributed by atoms with Gasteiger partial charge in [-0.25, -0.2) is 4.98 Å². The van der Waals surface area contributed by atoms with Crippen molar-refractivity contribution in [2.24, 2.45) is 0 Å². The molecular weight excluding hydrogens is 392 g/mol. The van der Waals surface area contributed by atoms with E-state index in [-0.39, 0.29) is 0 Å². The van der Waals surface area contributed by atoms with Gasteiger partial charge in [0.05, 0.1) is 43.3 Å². The van der Waals surface area contributed by atoms with Crippen molar-refractivity contribution in [3.8, 4) is 17.1 Å². The summed E-state index contributed by atoms with van der Waals surface area (Å²) in [7, 11) is 3.30. The lowest BCUT2D eigenvalue weighted by atomic mass is 9.79. The fraction of sp³-hybridized carbons (Fsp3) is 0.524. The van der Waals surface area contributed by atoms with Gasteiger partial charge in [-0.05, 0) is 12.5 Å². The average molecular weight is 421 g/mol. The Kier molecular flexibility index (Phi) is 7.85. The maximum Gasteiger partial charge on any atom is 0.224 e. The number of hydrogen-bond donors (Lipinski definition) is 1. The second-order valence-electron chi connectivity index (χ2n) is 6.94. The molecule has 1 aromatic heterocycles. The third-order valence-corrected chi connectivity index (χ3v) is 5.43. The molecule has 0 fully saturated rings. The van der Waals surface area contributed by atoms with Crippen molar-refractivity contribution in [1.82, 2.24) is 9.97 Å². The predicted molar refractivity (Wildman–Crippen MR) is 112 cm³/mol. The van der Waals surface area contributed by atoms with Gasteiger partial charge >= 0.3 is 0 Å². The first-order chi connectivity index (χ1) is 14.1. The summed E-state index contributed by atoms with van der Waals surface area (Å²) in [6.07, 6.45) is 0.483. The SMILES string of the molecule is COCCOCCOc1nc(SCCOC)nc2c1C(C)(O)Cc1ccccc1-2. The lowest BCUT2D eigenvalue weighted by Gasteiger charge is -2.33. The Labute approximate surface area is 175 Å². The normalized spacial score (nSPS) is 17.7. The van der Waals surface area contributed by atoms with Gasteiger partial charge in [0.2, 0.25) is 5.88 Å². The number of rotatable bonds is 11. The summed E-state index contributed by atoms with van der Waals surface area (Å²) in [5, 5.41) is 11.8. The molecule has 29 heavy (non-hydrogen) atoms. The van der Waals surface area contributed by atoms with Crippen LogP contribution in [-0.2, 0) is 26.2 Å². The van der Waals surface area contributed by atoms with Crippen LogP contribution in [0.3, 0.4) is 0 Å². The molecule has 1 aliphatic rings. The second-order valence-corrected chi connectivity index (χ2v) is 8.00.